The van der Waals surface area contributed by atoms with E-state index in [4.69, 9.17) is 5.73 Å². The predicted molar refractivity (Wildman–Crippen MR) is 74.7 cm³/mol. The molecule has 0 spiro atoms. The number of hydrogen-bond acceptors (Lipinski definition) is 2. The smallest absolute Gasteiger partial charge is 0.147 e. The molecule has 0 heterocycles. The summed E-state index contributed by atoms with van der Waals surface area (Å²) in [6.45, 7) is 3.91. The second kappa shape index (κ2) is 4.88. The first kappa shape index (κ1) is 13.3. The van der Waals surface area contributed by atoms with Crippen LogP contribution in [0.3, 0.4) is 0 Å². The maximum absolute atomic E-state index is 13.8. The van der Waals surface area contributed by atoms with Gasteiger partial charge in [-0.2, -0.15) is 0 Å². The van der Waals surface area contributed by atoms with Crippen LogP contribution in [0.25, 0.3) is 0 Å². The largest absolute Gasteiger partial charge is 0.397 e. The Morgan fingerprint density at radius 2 is 1.58 bits per heavy atom. The molecule has 2 rings (SSSR count). The average molecular weight is 262 g/mol. The number of anilines is 3. The summed E-state index contributed by atoms with van der Waals surface area (Å²) in [5, 5.41) is 0. The van der Waals surface area contributed by atoms with Crippen LogP contribution < -0.4 is 10.6 Å². The van der Waals surface area contributed by atoms with Crippen LogP contribution in [0, 0.1) is 25.5 Å². The number of nitrogens with zero attached hydrogens (tertiary/aromatic N) is 1. The SMILES string of the molecule is Cc1cc(N)c(N(C)c2cc(F)ccc2F)cc1C. The number of aryl methyl sites for hydroxylation is 2. The minimum absolute atomic E-state index is 0.162. The van der Waals surface area contributed by atoms with Gasteiger partial charge in [-0.1, -0.05) is 0 Å². The monoisotopic (exact) mass is 262 g/mol. The van der Waals surface area contributed by atoms with Crippen molar-refractivity contribution in [3.8, 4) is 0 Å². The van der Waals surface area contributed by atoms with E-state index in [2.05, 4.69) is 0 Å². The summed E-state index contributed by atoms with van der Waals surface area (Å²) in [7, 11) is 1.66. The molecule has 19 heavy (non-hydrogen) atoms. The quantitative estimate of drug-likeness (QED) is 0.831. The van der Waals surface area contributed by atoms with Gasteiger partial charge < -0.3 is 10.6 Å². The van der Waals surface area contributed by atoms with Crippen LogP contribution in [0.5, 0.6) is 0 Å². The number of nitrogens with two attached hydrogens (primary N) is 1. The van der Waals surface area contributed by atoms with E-state index in [1.165, 1.54) is 0 Å². The molecule has 0 aromatic heterocycles. The normalized spacial score (nSPS) is 10.6. The fourth-order valence-electron chi connectivity index (χ4n) is 1.99. The Labute approximate surface area is 111 Å². The third kappa shape index (κ3) is 2.52. The van der Waals surface area contributed by atoms with Crippen LogP contribution in [0.4, 0.5) is 25.8 Å². The van der Waals surface area contributed by atoms with Crippen molar-refractivity contribution < 1.29 is 8.78 Å². The van der Waals surface area contributed by atoms with E-state index in [9.17, 15) is 8.78 Å². The number of benzene rings is 2. The van der Waals surface area contributed by atoms with Crippen LogP contribution in [0.2, 0.25) is 0 Å². The summed E-state index contributed by atoms with van der Waals surface area (Å²) in [6.07, 6.45) is 0. The Hall–Kier alpha value is -2.10. The summed E-state index contributed by atoms with van der Waals surface area (Å²) in [4.78, 5) is 1.56. The van der Waals surface area contributed by atoms with E-state index in [0.717, 1.165) is 29.3 Å². The van der Waals surface area contributed by atoms with Gasteiger partial charge in [0, 0.05) is 13.1 Å². The van der Waals surface area contributed by atoms with Crippen molar-refractivity contribution in [2.75, 3.05) is 17.7 Å². The van der Waals surface area contributed by atoms with Crippen LogP contribution in [0.15, 0.2) is 30.3 Å². The Kier molecular flexibility index (Phi) is 3.42. The molecular formula is C15H16F2N2. The van der Waals surface area contributed by atoms with Gasteiger partial charge in [-0.25, -0.2) is 8.78 Å². The Morgan fingerprint density at radius 3 is 2.26 bits per heavy atom. The molecule has 100 valence electrons. The lowest BCUT2D eigenvalue weighted by Gasteiger charge is -2.23. The van der Waals surface area contributed by atoms with Crippen LogP contribution in [0.1, 0.15) is 11.1 Å². The van der Waals surface area contributed by atoms with Gasteiger partial charge in [0.25, 0.3) is 0 Å². The molecule has 0 aliphatic rings. The molecule has 0 atom stereocenters. The molecule has 2 nitrogen and oxygen atoms in total. The fraction of sp³-hybridized carbons (Fsp3) is 0.200. The molecular weight excluding hydrogens is 246 g/mol. The molecule has 0 radical (unpaired) electrons. The minimum atomic E-state index is -0.485. The molecule has 2 N–H and O–H groups in total. The molecule has 0 fully saturated rings. The van der Waals surface area contributed by atoms with Gasteiger partial charge in [-0.05, 0) is 49.2 Å². The van der Waals surface area contributed by atoms with Crippen molar-refractivity contribution in [1.82, 2.24) is 0 Å². The minimum Gasteiger partial charge on any atom is -0.397 e. The summed E-state index contributed by atoms with van der Waals surface area (Å²) in [5.74, 6) is -0.966. The number of nitrogen functional groups attached to an aromatic ring is 1. The molecule has 0 amide bonds. The third-order valence-electron chi connectivity index (χ3n) is 3.27. The standard InChI is InChI=1S/C15H16F2N2/c1-9-6-13(18)15(7-10(9)2)19(3)14-8-11(16)4-5-12(14)17/h4-8H,18H2,1-3H3. The fourth-order valence-corrected chi connectivity index (χ4v) is 1.99. The van der Waals surface area contributed by atoms with Gasteiger partial charge in [0.15, 0.2) is 0 Å². The van der Waals surface area contributed by atoms with E-state index in [0.29, 0.717) is 11.4 Å². The second-order valence-electron chi connectivity index (χ2n) is 4.65. The zero-order valence-corrected chi connectivity index (χ0v) is 11.2. The molecule has 0 aliphatic carbocycles. The van der Waals surface area contributed by atoms with Gasteiger partial charge in [0.1, 0.15) is 11.6 Å². The molecule has 0 unspecified atom stereocenters. The predicted octanol–water partition coefficient (Wildman–Crippen LogP) is 3.93. The average Bonchev–Trinajstić information content (AvgIpc) is 2.36. The van der Waals surface area contributed by atoms with Gasteiger partial charge in [-0.3, -0.25) is 0 Å². The highest BCUT2D eigenvalue weighted by Gasteiger charge is 2.14. The molecule has 0 saturated carbocycles. The lowest BCUT2D eigenvalue weighted by atomic mass is 10.1. The number of rotatable bonds is 2. The van der Waals surface area contributed by atoms with E-state index >= 15 is 0 Å². The van der Waals surface area contributed by atoms with E-state index in [-0.39, 0.29) is 5.69 Å². The second-order valence-corrected chi connectivity index (χ2v) is 4.65. The zero-order chi connectivity index (χ0) is 14.2. The Balaban J connectivity index is 2.52. The van der Waals surface area contributed by atoms with Gasteiger partial charge in [0.2, 0.25) is 0 Å². The Bertz CT molecular complexity index is 624. The lowest BCUT2D eigenvalue weighted by Crippen LogP contribution is -2.14. The van der Waals surface area contributed by atoms with Crippen molar-refractivity contribution in [3.63, 3.8) is 0 Å². The summed E-state index contributed by atoms with van der Waals surface area (Å²) < 4.78 is 27.0. The highest BCUT2D eigenvalue weighted by atomic mass is 19.1. The summed E-state index contributed by atoms with van der Waals surface area (Å²) in [6, 6.07) is 7.06. The first-order valence-electron chi connectivity index (χ1n) is 5.95. The van der Waals surface area contributed by atoms with Crippen molar-refractivity contribution >= 4 is 17.1 Å². The van der Waals surface area contributed by atoms with E-state index in [1.54, 1.807) is 11.9 Å². The first-order chi connectivity index (χ1) is 8.90. The zero-order valence-electron chi connectivity index (χ0n) is 11.2. The van der Waals surface area contributed by atoms with Crippen molar-refractivity contribution in [2.24, 2.45) is 0 Å². The first-order valence-corrected chi connectivity index (χ1v) is 5.95. The molecule has 2 aromatic carbocycles. The lowest BCUT2D eigenvalue weighted by molar-refractivity contribution is 0.600. The number of hydrogen-bond donors (Lipinski definition) is 1. The Morgan fingerprint density at radius 1 is 0.947 bits per heavy atom. The highest BCUT2D eigenvalue weighted by Crippen LogP contribution is 2.32. The van der Waals surface area contributed by atoms with Crippen molar-refractivity contribution in [2.45, 2.75) is 13.8 Å². The number of halogens is 2. The third-order valence-corrected chi connectivity index (χ3v) is 3.27. The van der Waals surface area contributed by atoms with Crippen molar-refractivity contribution in [3.05, 3.63) is 53.1 Å². The van der Waals surface area contributed by atoms with E-state index in [1.807, 2.05) is 26.0 Å². The van der Waals surface area contributed by atoms with Crippen LogP contribution >= 0.6 is 0 Å². The van der Waals surface area contributed by atoms with Gasteiger partial charge in [-0.15, -0.1) is 0 Å². The summed E-state index contributed by atoms with van der Waals surface area (Å²) >= 11 is 0. The molecule has 0 aliphatic heterocycles. The maximum atomic E-state index is 13.8. The molecule has 0 saturated heterocycles. The van der Waals surface area contributed by atoms with Crippen LogP contribution in [-0.2, 0) is 0 Å². The topological polar surface area (TPSA) is 29.3 Å². The molecule has 4 heteroatoms. The molecule has 2 aromatic rings. The van der Waals surface area contributed by atoms with Gasteiger partial charge >= 0.3 is 0 Å². The summed E-state index contributed by atoms with van der Waals surface area (Å²) in [5.41, 5.74) is 9.43. The van der Waals surface area contributed by atoms with E-state index < -0.39 is 11.6 Å². The highest BCUT2D eigenvalue weighted by molar-refractivity contribution is 5.76. The molecule has 0 bridgehead atoms. The van der Waals surface area contributed by atoms with Gasteiger partial charge in [0.05, 0.1) is 17.1 Å². The van der Waals surface area contributed by atoms with Crippen LogP contribution in [-0.4, -0.2) is 7.05 Å². The van der Waals surface area contributed by atoms with Crippen molar-refractivity contribution in [1.29, 1.82) is 0 Å². The maximum Gasteiger partial charge on any atom is 0.147 e.